The molecule has 2 rings (SSSR count). The van der Waals surface area contributed by atoms with Crippen molar-refractivity contribution in [1.29, 1.82) is 0 Å². The summed E-state index contributed by atoms with van der Waals surface area (Å²) >= 11 is 0. The zero-order valence-corrected chi connectivity index (χ0v) is 13.7. The first-order chi connectivity index (χ1) is 9.83. The molecule has 6 nitrogen and oxygen atoms in total. The minimum Gasteiger partial charge on any atom is -0.378 e. The summed E-state index contributed by atoms with van der Waals surface area (Å²) in [5.74, 6) is 0. The molecule has 0 saturated carbocycles. The summed E-state index contributed by atoms with van der Waals surface area (Å²) in [7, 11) is -3.51. The number of nitrogens with zero attached hydrogens (tertiary/aromatic N) is 1. The van der Waals surface area contributed by atoms with E-state index in [1.54, 1.807) is 12.3 Å². The van der Waals surface area contributed by atoms with E-state index >= 15 is 0 Å². The lowest BCUT2D eigenvalue weighted by molar-refractivity contribution is 0.0173. The van der Waals surface area contributed by atoms with Gasteiger partial charge in [-0.25, -0.2) is 13.1 Å². The monoisotopic (exact) mass is 315 g/mol. The number of aromatic nitrogens is 1. The lowest BCUT2D eigenvalue weighted by atomic mass is 10.1. The highest BCUT2D eigenvalue weighted by Gasteiger charge is 2.26. The molecule has 1 fully saturated rings. The predicted octanol–water partition coefficient (Wildman–Crippen LogP) is 1.37. The smallest absolute Gasteiger partial charge is 0.242 e. The van der Waals surface area contributed by atoms with Crippen LogP contribution in [0.4, 0.5) is 0 Å². The standard InChI is InChI=1S/C14H25N3O3S/c1-10(2)17-9-14(7-13(17)8-15)21(18,19)16-12-4-5-20-11(3)6-12/h7,9-12,16H,4-6,8,15H2,1-3H3. The SMILES string of the molecule is CC1CC(NS(=O)(=O)c2cc(CN)n(C(C)C)c2)CCO1. The van der Waals surface area contributed by atoms with E-state index in [-0.39, 0.29) is 23.1 Å². The van der Waals surface area contributed by atoms with E-state index in [0.29, 0.717) is 26.0 Å². The maximum Gasteiger partial charge on any atom is 0.242 e. The minimum atomic E-state index is -3.51. The molecule has 120 valence electrons. The zero-order chi connectivity index (χ0) is 15.6. The lowest BCUT2D eigenvalue weighted by Crippen LogP contribution is -2.41. The molecule has 1 aromatic heterocycles. The van der Waals surface area contributed by atoms with Crippen LogP contribution < -0.4 is 10.5 Å². The Morgan fingerprint density at radius 2 is 2.24 bits per heavy atom. The van der Waals surface area contributed by atoms with Crippen LogP contribution in [-0.4, -0.2) is 31.7 Å². The Bertz CT molecular complexity index is 580. The highest BCUT2D eigenvalue weighted by molar-refractivity contribution is 7.89. The molecule has 0 amide bonds. The molecule has 1 aromatic rings. The Balaban J connectivity index is 2.19. The van der Waals surface area contributed by atoms with E-state index in [2.05, 4.69) is 4.72 Å². The van der Waals surface area contributed by atoms with Gasteiger partial charge in [0.1, 0.15) is 0 Å². The summed E-state index contributed by atoms with van der Waals surface area (Å²) in [6.07, 6.45) is 3.16. The average molecular weight is 315 g/mol. The van der Waals surface area contributed by atoms with Crippen molar-refractivity contribution >= 4 is 10.0 Å². The maximum atomic E-state index is 12.5. The van der Waals surface area contributed by atoms with E-state index in [1.165, 1.54) is 0 Å². The normalized spacial score (nSPS) is 23.7. The van der Waals surface area contributed by atoms with Gasteiger partial charge in [-0.1, -0.05) is 0 Å². The van der Waals surface area contributed by atoms with Gasteiger partial charge < -0.3 is 15.0 Å². The summed E-state index contributed by atoms with van der Waals surface area (Å²) in [6.45, 7) is 6.88. The summed E-state index contributed by atoms with van der Waals surface area (Å²) in [5.41, 5.74) is 6.52. The van der Waals surface area contributed by atoms with Gasteiger partial charge in [-0.3, -0.25) is 0 Å². The molecule has 3 N–H and O–H groups in total. The molecule has 2 heterocycles. The summed E-state index contributed by atoms with van der Waals surface area (Å²) in [5, 5.41) is 0. The quantitative estimate of drug-likeness (QED) is 0.859. The molecule has 0 spiro atoms. The van der Waals surface area contributed by atoms with Gasteiger partial charge in [0.2, 0.25) is 10.0 Å². The van der Waals surface area contributed by atoms with Gasteiger partial charge in [0.15, 0.2) is 0 Å². The second kappa shape index (κ2) is 6.48. The van der Waals surface area contributed by atoms with E-state index in [0.717, 1.165) is 5.69 Å². The summed E-state index contributed by atoms with van der Waals surface area (Å²) in [6, 6.07) is 1.77. The second-order valence-corrected chi connectivity index (χ2v) is 7.61. The van der Waals surface area contributed by atoms with Crippen LogP contribution in [0.15, 0.2) is 17.2 Å². The second-order valence-electron chi connectivity index (χ2n) is 5.90. The van der Waals surface area contributed by atoms with Crippen molar-refractivity contribution in [2.75, 3.05) is 6.61 Å². The Hall–Kier alpha value is -0.890. The van der Waals surface area contributed by atoms with Crippen molar-refractivity contribution < 1.29 is 13.2 Å². The Kier molecular flexibility index (Phi) is 5.08. The Labute approximate surface area is 126 Å². The van der Waals surface area contributed by atoms with E-state index in [9.17, 15) is 8.42 Å². The number of ether oxygens (including phenoxy) is 1. The molecule has 7 heteroatoms. The fourth-order valence-corrected chi connectivity index (χ4v) is 4.01. The first kappa shape index (κ1) is 16.5. The number of rotatable bonds is 5. The first-order valence-corrected chi connectivity index (χ1v) is 8.86. The molecule has 21 heavy (non-hydrogen) atoms. The van der Waals surface area contributed by atoms with E-state index in [4.69, 9.17) is 10.5 Å². The van der Waals surface area contributed by atoms with Crippen LogP contribution >= 0.6 is 0 Å². The van der Waals surface area contributed by atoms with Crippen LogP contribution in [0.3, 0.4) is 0 Å². The van der Waals surface area contributed by atoms with Crippen LogP contribution in [0, 0.1) is 0 Å². The van der Waals surface area contributed by atoms with Crippen LogP contribution in [-0.2, 0) is 21.3 Å². The topological polar surface area (TPSA) is 86.4 Å². The molecule has 1 aliphatic heterocycles. The Morgan fingerprint density at radius 1 is 1.52 bits per heavy atom. The third kappa shape index (κ3) is 3.85. The van der Waals surface area contributed by atoms with Gasteiger partial charge in [0.25, 0.3) is 0 Å². The molecule has 2 unspecified atom stereocenters. The van der Waals surface area contributed by atoms with Crippen molar-refractivity contribution in [2.24, 2.45) is 5.73 Å². The molecular weight excluding hydrogens is 290 g/mol. The molecule has 0 aliphatic carbocycles. The lowest BCUT2D eigenvalue weighted by Gasteiger charge is -2.27. The zero-order valence-electron chi connectivity index (χ0n) is 12.9. The summed E-state index contributed by atoms with van der Waals surface area (Å²) in [4.78, 5) is 0.288. The van der Waals surface area contributed by atoms with E-state index in [1.807, 2.05) is 25.3 Å². The maximum absolute atomic E-state index is 12.5. The van der Waals surface area contributed by atoms with Crippen molar-refractivity contribution in [3.05, 3.63) is 18.0 Å². The fourth-order valence-electron chi connectivity index (χ4n) is 2.68. The fraction of sp³-hybridized carbons (Fsp3) is 0.714. The number of hydrogen-bond donors (Lipinski definition) is 2. The van der Waals surface area contributed by atoms with Crippen LogP contribution in [0.2, 0.25) is 0 Å². The van der Waals surface area contributed by atoms with Crippen LogP contribution in [0.1, 0.15) is 45.3 Å². The Morgan fingerprint density at radius 3 is 2.76 bits per heavy atom. The number of sulfonamides is 1. The van der Waals surface area contributed by atoms with Gasteiger partial charge >= 0.3 is 0 Å². The largest absolute Gasteiger partial charge is 0.378 e. The molecule has 0 radical (unpaired) electrons. The molecule has 0 bridgehead atoms. The van der Waals surface area contributed by atoms with E-state index < -0.39 is 10.0 Å². The molecule has 1 saturated heterocycles. The number of hydrogen-bond acceptors (Lipinski definition) is 4. The number of nitrogens with two attached hydrogens (primary N) is 1. The minimum absolute atomic E-state index is 0.0672. The highest BCUT2D eigenvalue weighted by Crippen LogP contribution is 2.21. The number of nitrogens with one attached hydrogen (secondary N) is 1. The highest BCUT2D eigenvalue weighted by atomic mass is 32.2. The predicted molar refractivity (Wildman–Crippen MR) is 81.5 cm³/mol. The third-order valence-electron chi connectivity index (χ3n) is 3.79. The first-order valence-electron chi connectivity index (χ1n) is 7.38. The van der Waals surface area contributed by atoms with Gasteiger partial charge in [0.05, 0.1) is 11.0 Å². The van der Waals surface area contributed by atoms with Gasteiger partial charge in [-0.15, -0.1) is 0 Å². The molecule has 0 aromatic carbocycles. The van der Waals surface area contributed by atoms with Crippen molar-refractivity contribution in [2.45, 2.75) is 63.2 Å². The average Bonchev–Trinajstić information content (AvgIpc) is 2.83. The summed E-state index contributed by atoms with van der Waals surface area (Å²) < 4.78 is 35.1. The van der Waals surface area contributed by atoms with Crippen LogP contribution in [0.25, 0.3) is 0 Å². The van der Waals surface area contributed by atoms with Gasteiger partial charge in [-0.2, -0.15) is 0 Å². The third-order valence-corrected chi connectivity index (χ3v) is 5.28. The van der Waals surface area contributed by atoms with Crippen molar-refractivity contribution in [3.8, 4) is 0 Å². The van der Waals surface area contributed by atoms with Crippen molar-refractivity contribution in [1.82, 2.24) is 9.29 Å². The molecule has 1 aliphatic rings. The van der Waals surface area contributed by atoms with Crippen molar-refractivity contribution in [3.63, 3.8) is 0 Å². The molecule has 2 atom stereocenters. The van der Waals surface area contributed by atoms with Crippen LogP contribution in [0.5, 0.6) is 0 Å². The van der Waals surface area contributed by atoms with Gasteiger partial charge in [-0.05, 0) is 39.7 Å². The van der Waals surface area contributed by atoms with Gasteiger partial charge in [0, 0.05) is 37.1 Å². The molecular formula is C14H25N3O3S.